The summed E-state index contributed by atoms with van der Waals surface area (Å²) in [6.07, 6.45) is 5.43. The van der Waals surface area contributed by atoms with Gasteiger partial charge in [-0.25, -0.2) is 13.4 Å². The Morgan fingerprint density at radius 2 is 1.83 bits per heavy atom. The highest BCUT2D eigenvalue weighted by atomic mass is 32.2. The number of nitrogens with one attached hydrogen (secondary N) is 2. The number of methoxy groups -OCH3 is 1. The first kappa shape index (κ1) is 29.9. The minimum atomic E-state index is -3.61. The smallest absolute Gasteiger partial charge is 0.255 e. The summed E-state index contributed by atoms with van der Waals surface area (Å²) in [4.78, 5) is 18.5. The second-order valence-corrected chi connectivity index (χ2v) is 12.8. The Bertz CT molecular complexity index is 1620. The van der Waals surface area contributed by atoms with Gasteiger partial charge in [-0.3, -0.25) is 9.52 Å². The average Bonchev–Trinajstić information content (AvgIpc) is 3.55. The SMILES string of the molecule is CCc1nc(C2(c3cc(C(=O)Nc4cc(C(C)(C)C)cc(NS(C)(=O)=O)c4OC)ccc3C)C=NN=N2)cn1CC. The van der Waals surface area contributed by atoms with Crippen molar-refractivity contribution in [2.24, 2.45) is 15.4 Å². The zero-order chi connectivity index (χ0) is 30.2. The van der Waals surface area contributed by atoms with Crippen LogP contribution in [0.25, 0.3) is 0 Å². The fourth-order valence-electron chi connectivity index (χ4n) is 4.82. The van der Waals surface area contributed by atoms with E-state index in [9.17, 15) is 13.2 Å². The summed E-state index contributed by atoms with van der Waals surface area (Å²) in [5.74, 6) is 0.721. The Labute approximate surface area is 241 Å². The molecular formula is C29H37N7O4S. The van der Waals surface area contributed by atoms with Crippen LogP contribution in [0.4, 0.5) is 11.4 Å². The summed E-state index contributed by atoms with van der Waals surface area (Å²) >= 11 is 0. The molecular weight excluding hydrogens is 542 g/mol. The number of amides is 1. The molecule has 1 aliphatic heterocycles. The second-order valence-electron chi connectivity index (χ2n) is 11.1. The van der Waals surface area contributed by atoms with Gasteiger partial charge >= 0.3 is 0 Å². The molecule has 1 amide bonds. The van der Waals surface area contributed by atoms with Crippen molar-refractivity contribution in [2.45, 2.75) is 65.5 Å². The van der Waals surface area contributed by atoms with Crippen LogP contribution in [0.1, 0.15) is 73.2 Å². The third kappa shape index (κ3) is 6.02. The highest BCUT2D eigenvalue weighted by Crippen LogP contribution is 2.40. The number of carbonyl (C=O) groups is 1. The van der Waals surface area contributed by atoms with Gasteiger partial charge in [0, 0.05) is 24.7 Å². The Morgan fingerprint density at radius 1 is 1.12 bits per heavy atom. The van der Waals surface area contributed by atoms with E-state index in [4.69, 9.17) is 9.72 Å². The predicted molar refractivity (Wildman–Crippen MR) is 161 cm³/mol. The molecule has 1 atom stereocenters. The molecule has 12 heteroatoms. The standard InChI is InChI=1S/C29H37N7O4S/c1-9-25-32-24(16-36(25)10-2)29(17-30-35-34-29)21-13-19(12-11-18(21)3)27(37)31-22-14-20(28(4,5)6)15-23(26(22)40-7)33-41(8,38)39/h11-17,33H,9-10H2,1-8H3,(H,31,37). The van der Waals surface area contributed by atoms with Crippen molar-refractivity contribution in [3.8, 4) is 5.75 Å². The molecule has 0 saturated carbocycles. The number of aromatic nitrogens is 2. The molecule has 3 aromatic rings. The minimum Gasteiger partial charge on any atom is -0.492 e. The van der Waals surface area contributed by atoms with Crippen LogP contribution in [-0.2, 0) is 33.9 Å². The summed E-state index contributed by atoms with van der Waals surface area (Å²) in [5.41, 5.74) is 2.65. The molecule has 1 unspecified atom stereocenters. The molecule has 2 N–H and O–H groups in total. The predicted octanol–water partition coefficient (Wildman–Crippen LogP) is 5.40. The van der Waals surface area contributed by atoms with E-state index in [1.165, 1.54) is 7.11 Å². The van der Waals surface area contributed by atoms with Gasteiger partial charge in [0.05, 0.1) is 36.6 Å². The summed E-state index contributed by atoms with van der Waals surface area (Å²) in [6.45, 7) is 12.8. The van der Waals surface area contributed by atoms with Crippen LogP contribution >= 0.6 is 0 Å². The zero-order valence-electron chi connectivity index (χ0n) is 24.7. The van der Waals surface area contributed by atoms with Crippen LogP contribution < -0.4 is 14.8 Å². The third-order valence-electron chi connectivity index (χ3n) is 7.02. The maximum atomic E-state index is 13.7. The molecule has 1 aromatic heterocycles. The number of rotatable bonds is 9. The van der Waals surface area contributed by atoms with Crippen molar-refractivity contribution >= 4 is 33.5 Å². The lowest BCUT2D eigenvalue weighted by atomic mass is 9.85. The first-order chi connectivity index (χ1) is 19.2. The summed E-state index contributed by atoms with van der Waals surface area (Å²) in [6, 6.07) is 8.86. The maximum absolute atomic E-state index is 13.7. The lowest BCUT2D eigenvalue weighted by Crippen LogP contribution is -2.27. The maximum Gasteiger partial charge on any atom is 0.255 e. The lowest BCUT2D eigenvalue weighted by molar-refractivity contribution is 0.102. The molecule has 0 spiro atoms. The average molecular weight is 580 g/mol. The first-order valence-corrected chi connectivity index (χ1v) is 15.3. The molecule has 2 aromatic carbocycles. The number of nitrogens with zero attached hydrogens (tertiary/aromatic N) is 5. The van der Waals surface area contributed by atoms with E-state index in [1.54, 1.807) is 30.5 Å². The topological polar surface area (TPSA) is 139 Å². The number of benzene rings is 2. The van der Waals surface area contributed by atoms with E-state index in [0.29, 0.717) is 16.9 Å². The van der Waals surface area contributed by atoms with Gasteiger partial charge in [0.1, 0.15) is 5.82 Å². The van der Waals surface area contributed by atoms with Crippen LogP contribution in [-0.4, -0.2) is 43.5 Å². The first-order valence-electron chi connectivity index (χ1n) is 13.4. The summed E-state index contributed by atoms with van der Waals surface area (Å²) < 4.78 is 34.3. The monoisotopic (exact) mass is 579 g/mol. The van der Waals surface area contributed by atoms with Gasteiger partial charge in [0.15, 0.2) is 11.3 Å². The molecule has 218 valence electrons. The van der Waals surface area contributed by atoms with Crippen molar-refractivity contribution in [3.63, 3.8) is 0 Å². The third-order valence-corrected chi connectivity index (χ3v) is 7.61. The number of hydrogen-bond acceptors (Lipinski definition) is 8. The number of carbonyl (C=O) groups excluding carboxylic acids is 1. The van der Waals surface area contributed by atoms with Crippen molar-refractivity contribution in [2.75, 3.05) is 23.4 Å². The number of aryl methyl sites for hydroxylation is 3. The number of hydrogen-bond donors (Lipinski definition) is 2. The quantitative estimate of drug-likeness (QED) is 0.349. The van der Waals surface area contributed by atoms with Crippen molar-refractivity contribution in [3.05, 3.63) is 70.3 Å². The van der Waals surface area contributed by atoms with Crippen LogP contribution in [0.5, 0.6) is 5.75 Å². The van der Waals surface area contributed by atoms with E-state index in [-0.39, 0.29) is 16.9 Å². The van der Waals surface area contributed by atoms with E-state index in [1.807, 2.05) is 46.9 Å². The molecule has 41 heavy (non-hydrogen) atoms. The number of anilines is 2. The number of ether oxygens (including phenoxy) is 1. The zero-order valence-corrected chi connectivity index (χ0v) is 25.5. The minimum absolute atomic E-state index is 0.203. The van der Waals surface area contributed by atoms with Crippen molar-refractivity contribution in [1.82, 2.24) is 9.55 Å². The number of imidazole rings is 1. The van der Waals surface area contributed by atoms with E-state index in [2.05, 4.69) is 37.0 Å². The second kappa shape index (κ2) is 11.1. The summed E-state index contributed by atoms with van der Waals surface area (Å²) in [7, 11) is -2.19. The molecule has 0 fully saturated rings. The van der Waals surface area contributed by atoms with Gasteiger partial charge in [-0.05, 0) is 65.4 Å². The summed E-state index contributed by atoms with van der Waals surface area (Å²) in [5, 5.41) is 15.4. The Kier molecular flexibility index (Phi) is 8.08. The molecule has 0 aliphatic carbocycles. The van der Waals surface area contributed by atoms with Crippen LogP contribution in [0.3, 0.4) is 0 Å². The van der Waals surface area contributed by atoms with Gasteiger partial charge < -0.3 is 14.6 Å². The van der Waals surface area contributed by atoms with E-state index < -0.39 is 21.5 Å². The molecule has 0 radical (unpaired) electrons. The Morgan fingerprint density at radius 3 is 2.37 bits per heavy atom. The highest BCUT2D eigenvalue weighted by molar-refractivity contribution is 7.92. The van der Waals surface area contributed by atoms with Crippen LogP contribution in [0.2, 0.25) is 0 Å². The van der Waals surface area contributed by atoms with Gasteiger partial charge in [-0.15, -0.1) is 10.2 Å². The molecule has 2 heterocycles. The van der Waals surface area contributed by atoms with E-state index >= 15 is 0 Å². The van der Waals surface area contributed by atoms with Gasteiger partial charge in [0.25, 0.3) is 5.91 Å². The van der Waals surface area contributed by atoms with Crippen molar-refractivity contribution in [1.29, 1.82) is 0 Å². The van der Waals surface area contributed by atoms with Crippen LogP contribution in [0, 0.1) is 6.92 Å². The number of sulfonamides is 1. The largest absolute Gasteiger partial charge is 0.492 e. The molecule has 11 nitrogen and oxygen atoms in total. The lowest BCUT2D eigenvalue weighted by Gasteiger charge is -2.24. The fraction of sp³-hybridized carbons (Fsp3) is 0.414. The van der Waals surface area contributed by atoms with Gasteiger partial charge in [-0.1, -0.05) is 33.8 Å². The van der Waals surface area contributed by atoms with Crippen LogP contribution in [0.15, 0.2) is 52.0 Å². The molecule has 0 bridgehead atoms. The van der Waals surface area contributed by atoms with Crippen molar-refractivity contribution < 1.29 is 17.9 Å². The highest BCUT2D eigenvalue weighted by Gasteiger charge is 2.40. The normalized spacial score (nSPS) is 16.7. The molecule has 4 rings (SSSR count). The Hall–Kier alpha value is -4.06. The van der Waals surface area contributed by atoms with E-state index in [0.717, 1.165) is 41.7 Å². The fourth-order valence-corrected chi connectivity index (χ4v) is 5.37. The van der Waals surface area contributed by atoms with Gasteiger partial charge in [0.2, 0.25) is 10.0 Å². The molecule has 0 saturated heterocycles. The molecule has 1 aliphatic rings. The van der Waals surface area contributed by atoms with Gasteiger partial charge in [-0.2, -0.15) is 0 Å². The Balaban J connectivity index is 1.79.